The molecule has 1 nitrogen and oxygen atoms in total. The van der Waals surface area contributed by atoms with E-state index < -0.39 is 5.60 Å². The minimum Gasteiger partial charge on any atom is -0.380 e. The molecule has 0 aliphatic heterocycles. The van der Waals surface area contributed by atoms with Gasteiger partial charge in [-0.3, -0.25) is 0 Å². The van der Waals surface area contributed by atoms with Crippen molar-refractivity contribution in [3.63, 3.8) is 0 Å². The maximum Gasteiger partial charge on any atom is 0.126 e. The van der Waals surface area contributed by atoms with E-state index in [1.54, 1.807) is 17.4 Å². The number of halogens is 1. The molecule has 1 aromatic carbocycles. The van der Waals surface area contributed by atoms with Crippen LogP contribution in [0.3, 0.4) is 0 Å². The van der Waals surface area contributed by atoms with Crippen LogP contribution in [-0.2, 0) is 12.0 Å². The van der Waals surface area contributed by atoms with Crippen molar-refractivity contribution in [3.05, 3.63) is 57.0 Å². The smallest absolute Gasteiger partial charge is 0.126 e. The first-order valence-electron chi connectivity index (χ1n) is 5.68. The van der Waals surface area contributed by atoms with Crippen molar-refractivity contribution in [2.24, 2.45) is 0 Å². The lowest BCUT2D eigenvalue weighted by Crippen LogP contribution is -2.22. The molecule has 17 heavy (non-hydrogen) atoms. The summed E-state index contributed by atoms with van der Waals surface area (Å²) in [5.41, 5.74) is 0.413. The standard InChI is InChI=1S/C14H13FOS/c1-9-5-6-13(17-9)14(16)8-7-10-11(14)3-2-4-12(10)15/h2-6,16H,7-8H2,1H3. The molecule has 2 aromatic rings. The molecule has 1 heterocycles. The Kier molecular flexibility index (Phi) is 2.35. The molecule has 1 aliphatic carbocycles. The quantitative estimate of drug-likeness (QED) is 0.820. The predicted molar refractivity (Wildman–Crippen MR) is 66.8 cm³/mol. The van der Waals surface area contributed by atoms with Gasteiger partial charge >= 0.3 is 0 Å². The minimum atomic E-state index is -0.990. The number of hydrogen-bond acceptors (Lipinski definition) is 2. The number of thiophene rings is 1. The van der Waals surface area contributed by atoms with Gasteiger partial charge in [0.1, 0.15) is 11.4 Å². The lowest BCUT2D eigenvalue weighted by Gasteiger charge is -2.22. The van der Waals surface area contributed by atoms with Gasteiger partial charge in [0.05, 0.1) is 0 Å². The van der Waals surface area contributed by atoms with Crippen molar-refractivity contribution in [3.8, 4) is 0 Å². The summed E-state index contributed by atoms with van der Waals surface area (Å²) in [7, 11) is 0. The van der Waals surface area contributed by atoms with Gasteiger partial charge < -0.3 is 5.11 Å². The van der Waals surface area contributed by atoms with Crippen LogP contribution in [0, 0.1) is 12.7 Å². The normalized spacial score (nSPS) is 22.8. The highest BCUT2D eigenvalue weighted by atomic mass is 32.1. The third-order valence-electron chi connectivity index (χ3n) is 3.45. The van der Waals surface area contributed by atoms with Crippen molar-refractivity contribution < 1.29 is 9.50 Å². The third kappa shape index (κ3) is 1.53. The Balaban J connectivity index is 2.17. The van der Waals surface area contributed by atoms with E-state index in [0.29, 0.717) is 18.4 Å². The van der Waals surface area contributed by atoms with E-state index in [1.807, 2.05) is 25.1 Å². The maximum absolute atomic E-state index is 13.6. The van der Waals surface area contributed by atoms with Gasteiger partial charge in [-0.2, -0.15) is 0 Å². The molecule has 1 N–H and O–H groups in total. The molecule has 88 valence electrons. The molecule has 0 spiro atoms. The van der Waals surface area contributed by atoms with Gasteiger partial charge in [0, 0.05) is 9.75 Å². The first kappa shape index (κ1) is 10.9. The average molecular weight is 248 g/mol. The van der Waals surface area contributed by atoms with E-state index in [2.05, 4.69) is 0 Å². The molecule has 1 unspecified atom stereocenters. The summed E-state index contributed by atoms with van der Waals surface area (Å²) >= 11 is 1.58. The second kappa shape index (κ2) is 3.65. The zero-order valence-corrected chi connectivity index (χ0v) is 10.4. The van der Waals surface area contributed by atoms with Gasteiger partial charge in [0.2, 0.25) is 0 Å². The van der Waals surface area contributed by atoms with Crippen molar-refractivity contribution in [2.75, 3.05) is 0 Å². The van der Waals surface area contributed by atoms with Crippen LogP contribution in [0.4, 0.5) is 4.39 Å². The molecule has 3 heteroatoms. The average Bonchev–Trinajstić information content (AvgIpc) is 2.86. The molecular weight excluding hydrogens is 235 g/mol. The second-order valence-electron chi connectivity index (χ2n) is 4.54. The van der Waals surface area contributed by atoms with Gasteiger partial charge in [-0.25, -0.2) is 4.39 Å². The van der Waals surface area contributed by atoms with Crippen LogP contribution < -0.4 is 0 Å². The number of fused-ring (bicyclic) bond motifs is 1. The van der Waals surface area contributed by atoms with E-state index >= 15 is 0 Å². The highest BCUT2D eigenvalue weighted by Gasteiger charge is 2.40. The highest BCUT2D eigenvalue weighted by Crippen LogP contribution is 2.44. The van der Waals surface area contributed by atoms with Crippen LogP contribution in [0.2, 0.25) is 0 Å². The third-order valence-corrected chi connectivity index (χ3v) is 4.60. The first-order chi connectivity index (χ1) is 8.11. The summed E-state index contributed by atoms with van der Waals surface area (Å²) in [6.07, 6.45) is 1.18. The number of hydrogen-bond donors (Lipinski definition) is 1. The van der Waals surface area contributed by atoms with Crippen molar-refractivity contribution in [2.45, 2.75) is 25.4 Å². The number of aryl methyl sites for hydroxylation is 1. The van der Waals surface area contributed by atoms with Crippen LogP contribution in [0.25, 0.3) is 0 Å². The Bertz CT molecular complexity index is 575. The first-order valence-corrected chi connectivity index (χ1v) is 6.50. The molecule has 1 aromatic heterocycles. The summed E-state index contributed by atoms with van der Waals surface area (Å²) in [4.78, 5) is 2.08. The molecule has 0 fully saturated rings. The number of benzene rings is 1. The van der Waals surface area contributed by atoms with Crippen LogP contribution in [-0.4, -0.2) is 5.11 Å². The molecule has 0 amide bonds. The molecule has 0 bridgehead atoms. The summed E-state index contributed by atoms with van der Waals surface area (Å²) < 4.78 is 13.6. The molecule has 0 saturated heterocycles. The Labute approximate surface area is 104 Å². The molecular formula is C14H13FOS. The van der Waals surface area contributed by atoms with Crippen LogP contribution in [0.15, 0.2) is 30.3 Å². The van der Waals surface area contributed by atoms with Crippen molar-refractivity contribution in [1.29, 1.82) is 0 Å². The molecule has 0 radical (unpaired) electrons. The van der Waals surface area contributed by atoms with Crippen LogP contribution in [0.5, 0.6) is 0 Å². The van der Waals surface area contributed by atoms with Gasteiger partial charge in [0.25, 0.3) is 0 Å². The van der Waals surface area contributed by atoms with E-state index in [1.165, 1.54) is 10.9 Å². The topological polar surface area (TPSA) is 20.2 Å². The lowest BCUT2D eigenvalue weighted by molar-refractivity contribution is 0.0868. The summed E-state index contributed by atoms with van der Waals surface area (Å²) in [6.45, 7) is 2.01. The maximum atomic E-state index is 13.6. The molecule has 1 atom stereocenters. The fraction of sp³-hybridized carbons (Fsp3) is 0.286. The van der Waals surface area contributed by atoms with Crippen molar-refractivity contribution in [1.82, 2.24) is 0 Å². The van der Waals surface area contributed by atoms with Gasteiger partial charge in [-0.1, -0.05) is 12.1 Å². The molecule has 0 saturated carbocycles. The lowest BCUT2D eigenvalue weighted by atomic mass is 9.94. The fourth-order valence-corrected chi connectivity index (χ4v) is 3.55. The van der Waals surface area contributed by atoms with Gasteiger partial charge in [0.15, 0.2) is 0 Å². The number of rotatable bonds is 1. The minimum absolute atomic E-state index is 0.202. The predicted octanol–water partition coefficient (Wildman–Crippen LogP) is 3.38. The van der Waals surface area contributed by atoms with Crippen LogP contribution >= 0.6 is 11.3 Å². The number of aliphatic hydroxyl groups is 1. The Morgan fingerprint density at radius 2 is 2.12 bits per heavy atom. The fourth-order valence-electron chi connectivity index (χ4n) is 2.55. The highest BCUT2D eigenvalue weighted by molar-refractivity contribution is 7.12. The zero-order chi connectivity index (χ0) is 12.0. The SMILES string of the molecule is Cc1ccc(C2(O)CCc3c(F)cccc32)s1. The zero-order valence-electron chi connectivity index (χ0n) is 9.53. The van der Waals surface area contributed by atoms with Crippen molar-refractivity contribution >= 4 is 11.3 Å². The Hall–Kier alpha value is -1.19. The summed E-state index contributed by atoms with van der Waals surface area (Å²) in [6, 6.07) is 8.91. The summed E-state index contributed by atoms with van der Waals surface area (Å²) in [5, 5.41) is 10.8. The molecule has 3 rings (SSSR count). The van der Waals surface area contributed by atoms with E-state index in [-0.39, 0.29) is 5.82 Å². The van der Waals surface area contributed by atoms with E-state index in [9.17, 15) is 9.50 Å². The largest absolute Gasteiger partial charge is 0.380 e. The van der Waals surface area contributed by atoms with E-state index in [4.69, 9.17) is 0 Å². The van der Waals surface area contributed by atoms with Gasteiger partial charge in [-0.05, 0) is 49.1 Å². The summed E-state index contributed by atoms with van der Waals surface area (Å²) in [5.74, 6) is -0.202. The van der Waals surface area contributed by atoms with Crippen LogP contribution in [0.1, 0.15) is 27.3 Å². The molecule has 1 aliphatic rings. The second-order valence-corrected chi connectivity index (χ2v) is 5.82. The van der Waals surface area contributed by atoms with Gasteiger partial charge in [-0.15, -0.1) is 11.3 Å². The monoisotopic (exact) mass is 248 g/mol. The van der Waals surface area contributed by atoms with E-state index in [0.717, 1.165) is 10.4 Å². The Morgan fingerprint density at radius 1 is 1.29 bits per heavy atom. The Morgan fingerprint density at radius 3 is 2.82 bits per heavy atom.